The molecule has 5 nitrogen and oxygen atoms in total. The monoisotopic (exact) mass is 246 g/mol. The van der Waals surface area contributed by atoms with Gasteiger partial charge in [0.05, 0.1) is 17.4 Å². The number of nitrogens with zero attached hydrogens (tertiary/aromatic N) is 2. The van der Waals surface area contributed by atoms with E-state index in [4.69, 9.17) is 5.26 Å². The van der Waals surface area contributed by atoms with Gasteiger partial charge in [-0.1, -0.05) is 12.1 Å². The van der Waals surface area contributed by atoms with Gasteiger partial charge < -0.3 is 4.74 Å². The fraction of sp³-hybridized carbons (Fsp3) is 0.222. The first-order valence-electron chi connectivity index (χ1n) is 4.24. The number of hydrogen-bond donors (Lipinski definition) is 0. The zero-order valence-corrected chi connectivity index (χ0v) is 8.19. The van der Waals surface area contributed by atoms with E-state index in [0.717, 1.165) is 12.1 Å². The van der Waals surface area contributed by atoms with Crippen LogP contribution in [0.2, 0.25) is 0 Å². The van der Waals surface area contributed by atoms with Crippen molar-refractivity contribution in [2.45, 2.75) is 12.8 Å². The van der Waals surface area contributed by atoms with Crippen molar-refractivity contribution >= 4 is 5.69 Å². The maximum atomic E-state index is 12.1. The minimum absolute atomic E-state index is 0.181. The van der Waals surface area contributed by atoms with Gasteiger partial charge >= 0.3 is 12.0 Å². The van der Waals surface area contributed by atoms with Crippen molar-refractivity contribution in [3.63, 3.8) is 0 Å². The smallest absolute Gasteiger partial charge is 0.398 e. The van der Waals surface area contributed by atoms with E-state index >= 15 is 0 Å². The van der Waals surface area contributed by atoms with Gasteiger partial charge in [-0.2, -0.15) is 5.26 Å². The van der Waals surface area contributed by atoms with Crippen molar-refractivity contribution in [2.24, 2.45) is 0 Å². The first-order chi connectivity index (χ1) is 7.85. The molecule has 0 bridgehead atoms. The Balaban J connectivity index is 3.29. The van der Waals surface area contributed by atoms with Crippen LogP contribution in [0.5, 0.6) is 5.75 Å². The Morgan fingerprint density at radius 3 is 2.59 bits per heavy atom. The number of hydrogen-bond acceptors (Lipinski definition) is 4. The highest BCUT2D eigenvalue weighted by Gasteiger charge is 2.35. The Kier molecular flexibility index (Phi) is 3.52. The number of halogens is 3. The fourth-order valence-electron chi connectivity index (χ4n) is 1.17. The van der Waals surface area contributed by atoms with Crippen LogP contribution in [-0.2, 0) is 6.42 Å². The van der Waals surface area contributed by atoms with E-state index in [-0.39, 0.29) is 5.56 Å². The summed E-state index contributed by atoms with van der Waals surface area (Å²) in [6.07, 6.45) is -5.45. The van der Waals surface area contributed by atoms with E-state index in [1.54, 1.807) is 6.07 Å². The third-order valence-corrected chi connectivity index (χ3v) is 1.76. The predicted molar refractivity (Wildman–Crippen MR) is 49.1 cm³/mol. The van der Waals surface area contributed by atoms with Crippen LogP contribution in [0.15, 0.2) is 18.2 Å². The molecule has 1 aromatic carbocycles. The maximum absolute atomic E-state index is 12.1. The predicted octanol–water partition coefficient (Wildman–Crippen LogP) is 2.56. The van der Waals surface area contributed by atoms with Crippen molar-refractivity contribution in [1.82, 2.24) is 0 Å². The number of benzene rings is 1. The summed E-state index contributed by atoms with van der Waals surface area (Å²) in [5, 5.41) is 19.0. The Bertz CT molecular complexity index is 479. The summed E-state index contributed by atoms with van der Waals surface area (Å²) in [4.78, 5) is 9.54. The molecule has 1 aromatic rings. The van der Waals surface area contributed by atoms with Gasteiger partial charge in [-0.05, 0) is 0 Å². The second kappa shape index (κ2) is 4.69. The minimum Gasteiger partial charge on any atom is -0.398 e. The molecular formula is C9H5F3N2O3. The van der Waals surface area contributed by atoms with Crippen LogP contribution in [0.1, 0.15) is 5.56 Å². The summed E-state index contributed by atoms with van der Waals surface area (Å²) in [7, 11) is 0. The molecule has 0 spiro atoms. The lowest BCUT2D eigenvalue weighted by Crippen LogP contribution is -2.19. The molecule has 0 heterocycles. The first kappa shape index (κ1) is 12.8. The lowest BCUT2D eigenvalue weighted by Gasteiger charge is -2.11. The van der Waals surface area contributed by atoms with Crippen molar-refractivity contribution < 1.29 is 22.8 Å². The number of nitro groups is 1. The largest absolute Gasteiger partial charge is 0.573 e. The minimum atomic E-state index is -5.05. The SMILES string of the molecule is N#CCc1cccc([N+](=O)[O-])c1OC(F)(F)F. The molecule has 0 amide bonds. The van der Waals surface area contributed by atoms with Crippen molar-refractivity contribution in [1.29, 1.82) is 5.26 Å². The third kappa shape index (κ3) is 3.34. The second-order valence-corrected chi connectivity index (χ2v) is 2.91. The fourth-order valence-corrected chi connectivity index (χ4v) is 1.17. The van der Waals surface area contributed by atoms with Gasteiger partial charge in [0.25, 0.3) is 0 Å². The van der Waals surface area contributed by atoms with Crippen LogP contribution in [0.25, 0.3) is 0 Å². The molecule has 0 atom stereocenters. The van der Waals surface area contributed by atoms with Crippen LogP contribution in [-0.4, -0.2) is 11.3 Å². The summed E-state index contributed by atoms with van der Waals surface area (Å²) in [5.74, 6) is -0.938. The van der Waals surface area contributed by atoms with Crippen LogP contribution >= 0.6 is 0 Å². The molecule has 0 unspecified atom stereocenters. The summed E-state index contributed by atoms with van der Waals surface area (Å²) in [6.45, 7) is 0. The van der Waals surface area contributed by atoms with Crippen LogP contribution in [0.3, 0.4) is 0 Å². The highest BCUT2D eigenvalue weighted by molar-refractivity contribution is 5.52. The summed E-state index contributed by atoms with van der Waals surface area (Å²) < 4.78 is 39.8. The van der Waals surface area contributed by atoms with E-state index < -0.39 is 29.1 Å². The third-order valence-electron chi connectivity index (χ3n) is 1.76. The number of rotatable bonds is 3. The molecule has 1 rings (SSSR count). The Labute approximate surface area is 93.2 Å². The molecule has 0 aliphatic rings. The van der Waals surface area contributed by atoms with Crippen LogP contribution < -0.4 is 4.74 Å². The highest BCUT2D eigenvalue weighted by atomic mass is 19.4. The lowest BCUT2D eigenvalue weighted by atomic mass is 10.1. The average molecular weight is 246 g/mol. The molecule has 17 heavy (non-hydrogen) atoms. The zero-order valence-electron chi connectivity index (χ0n) is 8.19. The molecule has 0 saturated heterocycles. The summed E-state index contributed by atoms with van der Waals surface area (Å²) in [5.41, 5.74) is -1.01. The molecular weight excluding hydrogens is 241 g/mol. The molecule has 0 fully saturated rings. The molecule has 0 saturated carbocycles. The van der Waals surface area contributed by atoms with Gasteiger partial charge in [0.2, 0.25) is 5.75 Å². The van der Waals surface area contributed by atoms with E-state index in [9.17, 15) is 23.3 Å². The van der Waals surface area contributed by atoms with E-state index in [0.29, 0.717) is 0 Å². The van der Waals surface area contributed by atoms with Crippen molar-refractivity contribution in [3.8, 4) is 11.8 Å². The van der Waals surface area contributed by atoms with E-state index in [1.807, 2.05) is 0 Å². The summed E-state index contributed by atoms with van der Waals surface area (Å²) in [6, 6.07) is 4.84. The number of ether oxygens (including phenoxy) is 1. The molecule has 0 radical (unpaired) electrons. The van der Waals surface area contributed by atoms with Crippen LogP contribution in [0.4, 0.5) is 18.9 Å². The number of alkyl halides is 3. The normalized spacial score (nSPS) is 10.7. The van der Waals surface area contributed by atoms with E-state index in [1.165, 1.54) is 6.07 Å². The Morgan fingerprint density at radius 1 is 1.47 bits per heavy atom. The second-order valence-electron chi connectivity index (χ2n) is 2.91. The number of nitriles is 1. The van der Waals surface area contributed by atoms with Gasteiger partial charge in [0, 0.05) is 11.6 Å². The highest BCUT2D eigenvalue weighted by Crippen LogP contribution is 2.35. The summed E-state index contributed by atoms with van der Waals surface area (Å²) >= 11 is 0. The van der Waals surface area contributed by atoms with Gasteiger partial charge in [0.15, 0.2) is 0 Å². The van der Waals surface area contributed by atoms with Gasteiger partial charge in [-0.25, -0.2) is 0 Å². The Hall–Kier alpha value is -2.30. The van der Waals surface area contributed by atoms with Crippen LogP contribution in [0, 0.1) is 21.4 Å². The standard InChI is InChI=1S/C9H5F3N2O3/c10-9(11,12)17-8-6(4-5-13)2-1-3-7(8)14(15)16/h1-3H,4H2. The van der Waals surface area contributed by atoms with E-state index in [2.05, 4.69) is 4.74 Å². The molecule has 0 N–H and O–H groups in total. The van der Waals surface area contributed by atoms with Crippen molar-refractivity contribution in [3.05, 3.63) is 33.9 Å². The van der Waals surface area contributed by atoms with Gasteiger partial charge in [0.1, 0.15) is 0 Å². The van der Waals surface area contributed by atoms with Gasteiger partial charge in [-0.3, -0.25) is 10.1 Å². The molecule has 8 heteroatoms. The van der Waals surface area contributed by atoms with Gasteiger partial charge in [-0.15, -0.1) is 13.2 Å². The lowest BCUT2D eigenvalue weighted by molar-refractivity contribution is -0.388. The topological polar surface area (TPSA) is 76.2 Å². The quantitative estimate of drug-likeness (QED) is 0.606. The zero-order chi connectivity index (χ0) is 13.1. The first-order valence-corrected chi connectivity index (χ1v) is 4.24. The molecule has 0 aliphatic heterocycles. The average Bonchev–Trinajstić information content (AvgIpc) is 2.18. The molecule has 90 valence electrons. The number of para-hydroxylation sites is 1. The molecule has 0 aromatic heterocycles. The van der Waals surface area contributed by atoms with Crippen molar-refractivity contribution in [2.75, 3.05) is 0 Å². The Morgan fingerprint density at radius 2 is 2.12 bits per heavy atom. The number of nitro benzene ring substituents is 1. The molecule has 0 aliphatic carbocycles. The maximum Gasteiger partial charge on any atom is 0.573 e.